The third-order valence-electron chi connectivity index (χ3n) is 2.68. The molecule has 19 heavy (non-hydrogen) atoms. The van der Waals surface area contributed by atoms with Gasteiger partial charge < -0.3 is 4.90 Å². The number of carbonyl (C=O) groups is 1. The molecular formula is C14H12ClFN2O. The van der Waals surface area contributed by atoms with Crippen LogP contribution in [-0.4, -0.2) is 17.4 Å². The first-order valence-electron chi connectivity index (χ1n) is 5.81. The van der Waals surface area contributed by atoms with E-state index in [4.69, 9.17) is 11.6 Å². The number of nitrogens with zero attached hydrogens (tertiary/aromatic N) is 2. The molecule has 0 saturated carbocycles. The maximum atomic E-state index is 13.7. The van der Waals surface area contributed by atoms with E-state index in [1.165, 1.54) is 23.2 Å². The van der Waals surface area contributed by atoms with Gasteiger partial charge in [0.2, 0.25) is 0 Å². The summed E-state index contributed by atoms with van der Waals surface area (Å²) in [5.74, 6) is -0.739. The molecule has 0 atom stereocenters. The van der Waals surface area contributed by atoms with Crippen LogP contribution in [0.4, 0.5) is 10.1 Å². The van der Waals surface area contributed by atoms with E-state index in [0.717, 1.165) is 0 Å². The monoisotopic (exact) mass is 278 g/mol. The van der Waals surface area contributed by atoms with Crippen molar-refractivity contribution in [2.45, 2.75) is 6.92 Å². The average Bonchev–Trinajstić information content (AvgIpc) is 2.42. The zero-order valence-corrected chi connectivity index (χ0v) is 11.1. The maximum Gasteiger partial charge on any atom is 0.259 e. The number of amides is 1. The van der Waals surface area contributed by atoms with Crippen LogP contribution >= 0.6 is 11.6 Å². The second-order valence-electron chi connectivity index (χ2n) is 3.87. The Morgan fingerprint density at radius 2 is 2.05 bits per heavy atom. The summed E-state index contributed by atoms with van der Waals surface area (Å²) >= 11 is 5.68. The number of hydrogen-bond donors (Lipinski definition) is 0. The van der Waals surface area contributed by atoms with Crippen LogP contribution in [0, 0.1) is 5.82 Å². The van der Waals surface area contributed by atoms with Crippen LogP contribution in [0.5, 0.6) is 0 Å². The van der Waals surface area contributed by atoms with E-state index in [2.05, 4.69) is 4.98 Å². The second kappa shape index (κ2) is 5.80. The molecule has 0 bridgehead atoms. The highest BCUT2D eigenvalue weighted by molar-refractivity contribution is 6.29. The highest BCUT2D eigenvalue weighted by Crippen LogP contribution is 2.20. The summed E-state index contributed by atoms with van der Waals surface area (Å²) in [5.41, 5.74) is 0.624. The van der Waals surface area contributed by atoms with Gasteiger partial charge in [0.25, 0.3) is 5.91 Å². The van der Waals surface area contributed by atoms with Gasteiger partial charge in [-0.2, -0.15) is 0 Å². The first kappa shape index (κ1) is 13.5. The molecule has 1 aromatic heterocycles. The first-order valence-corrected chi connectivity index (χ1v) is 6.19. The zero-order chi connectivity index (χ0) is 13.8. The Kier molecular flexibility index (Phi) is 4.12. The molecule has 0 spiro atoms. The van der Waals surface area contributed by atoms with Crippen LogP contribution in [0.25, 0.3) is 0 Å². The Morgan fingerprint density at radius 3 is 2.63 bits per heavy atom. The quantitative estimate of drug-likeness (QED) is 0.805. The molecule has 1 amide bonds. The fourth-order valence-corrected chi connectivity index (χ4v) is 1.86. The molecule has 98 valence electrons. The number of hydrogen-bond acceptors (Lipinski definition) is 2. The normalized spacial score (nSPS) is 10.3. The highest BCUT2D eigenvalue weighted by Gasteiger charge is 2.18. The molecule has 0 N–H and O–H groups in total. The summed E-state index contributed by atoms with van der Waals surface area (Å²) in [7, 11) is 0. The van der Waals surface area contributed by atoms with Gasteiger partial charge in [-0.05, 0) is 31.2 Å². The van der Waals surface area contributed by atoms with Gasteiger partial charge in [0.05, 0.1) is 11.3 Å². The van der Waals surface area contributed by atoms with Crippen molar-refractivity contribution in [1.29, 1.82) is 0 Å². The van der Waals surface area contributed by atoms with Crippen LogP contribution in [0.15, 0.2) is 42.6 Å². The Labute approximate surface area is 115 Å². The number of benzene rings is 1. The molecule has 2 rings (SSSR count). The predicted octanol–water partition coefficient (Wildman–Crippen LogP) is 3.54. The third-order valence-corrected chi connectivity index (χ3v) is 2.90. The van der Waals surface area contributed by atoms with Crippen molar-refractivity contribution in [3.8, 4) is 0 Å². The molecule has 0 radical (unpaired) electrons. The van der Waals surface area contributed by atoms with E-state index in [1.807, 2.05) is 0 Å². The number of pyridine rings is 1. The van der Waals surface area contributed by atoms with Crippen molar-refractivity contribution in [3.05, 3.63) is 59.1 Å². The van der Waals surface area contributed by atoms with Gasteiger partial charge in [-0.3, -0.25) is 4.79 Å². The summed E-state index contributed by atoms with van der Waals surface area (Å²) in [4.78, 5) is 17.5. The minimum Gasteiger partial charge on any atom is -0.306 e. The Morgan fingerprint density at radius 1 is 1.32 bits per heavy atom. The van der Waals surface area contributed by atoms with Crippen molar-refractivity contribution in [1.82, 2.24) is 4.98 Å². The molecular weight excluding hydrogens is 267 g/mol. The molecule has 0 aliphatic carbocycles. The Bertz CT molecular complexity index is 586. The van der Waals surface area contributed by atoms with E-state index in [-0.39, 0.29) is 11.6 Å². The Balaban J connectivity index is 2.35. The van der Waals surface area contributed by atoms with Gasteiger partial charge in [-0.25, -0.2) is 9.37 Å². The fraction of sp³-hybridized carbons (Fsp3) is 0.143. The molecule has 0 saturated heterocycles. The summed E-state index contributed by atoms with van der Waals surface area (Å²) in [6.45, 7) is 2.15. The van der Waals surface area contributed by atoms with Gasteiger partial charge in [0, 0.05) is 12.7 Å². The third kappa shape index (κ3) is 2.90. The number of halogens is 2. The zero-order valence-electron chi connectivity index (χ0n) is 10.3. The van der Waals surface area contributed by atoms with E-state index in [9.17, 15) is 9.18 Å². The molecule has 0 unspecified atom stereocenters. The van der Waals surface area contributed by atoms with Crippen LogP contribution < -0.4 is 4.90 Å². The average molecular weight is 279 g/mol. The SMILES string of the molecule is CCN(C(=O)c1ccc(Cl)nc1)c1ccccc1F. The van der Waals surface area contributed by atoms with Gasteiger partial charge in [0.1, 0.15) is 11.0 Å². The van der Waals surface area contributed by atoms with Crippen LogP contribution in [0.2, 0.25) is 5.15 Å². The summed E-state index contributed by atoms with van der Waals surface area (Å²) in [6.07, 6.45) is 1.38. The summed E-state index contributed by atoms with van der Waals surface area (Å²) in [5, 5.41) is 0.311. The smallest absolute Gasteiger partial charge is 0.259 e. The lowest BCUT2D eigenvalue weighted by molar-refractivity contribution is 0.0987. The lowest BCUT2D eigenvalue weighted by Crippen LogP contribution is -2.31. The predicted molar refractivity (Wildman–Crippen MR) is 73.0 cm³/mol. The number of aromatic nitrogens is 1. The molecule has 1 aromatic carbocycles. The standard InChI is InChI=1S/C14H12ClFN2O/c1-2-18(12-6-4-3-5-11(12)16)14(19)10-7-8-13(15)17-9-10/h3-9H,2H2,1H3. The maximum absolute atomic E-state index is 13.7. The van der Waals surface area contributed by atoms with E-state index in [0.29, 0.717) is 17.3 Å². The molecule has 0 aliphatic rings. The lowest BCUT2D eigenvalue weighted by atomic mass is 10.2. The van der Waals surface area contributed by atoms with Crippen LogP contribution in [-0.2, 0) is 0 Å². The number of para-hydroxylation sites is 1. The van der Waals surface area contributed by atoms with E-state index in [1.54, 1.807) is 31.2 Å². The van der Waals surface area contributed by atoms with Crippen molar-refractivity contribution < 1.29 is 9.18 Å². The molecule has 1 heterocycles. The van der Waals surface area contributed by atoms with Crippen LogP contribution in [0.1, 0.15) is 17.3 Å². The molecule has 5 heteroatoms. The van der Waals surface area contributed by atoms with Crippen molar-refractivity contribution in [2.24, 2.45) is 0 Å². The van der Waals surface area contributed by atoms with Gasteiger partial charge in [0.15, 0.2) is 0 Å². The van der Waals surface area contributed by atoms with E-state index >= 15 is 0 Å². The van der Waals surface area contributed by atoms with E-state index < -0.39 is 5.82 Å². The second-order valence-corrected chi connectivity index (χ2v) is 4.26. The van der Waals surface area contributed by atoms with Gasteiger partial charge >= 0.3 is 0 Å². The van der Waals surface area contributed by atoms with Crippen LogP contribution in [0.3, 0.4) is 0 Å². The number of anilines is 1. The Hall–Kier alpha value is -1.94. The largest absolute Gasteiger partial charge is 0.306 e. The lowest BCUT2D eigenvalue weighted by Gasteiger charge is -2.21. The first-order chi connectivity index (χ1) is 9.13. The molecule has 0 aliphatic heterocycles. The molecule has 3 nitrogen and oxygen atoms in total. The minimum atomic E-state index is -0.431. The summed E-state index contributed by atoms with van der Waals surface area (Å²) in [6, 6.07) is 9.27. The van der Waals surface area contributed by atoms with Gasteiger partial charge in [-0.1, -0.05) is 23.7 Å². The number of carbonyl (C=O) groups excluding carboxylic acids is 1. The molecule has 0 fully saturated rings. The topological polar surface area (TPSA) is 33.2 Å². The van der Waals surface area contributed by atoms with Crippen molar-refractivity contribution in [3.63, 3.8) is 0 Å². The highest BCUT2D eigenvalue weighted by atomic mass is 35.5. The van der Waals surface area contributed by atoms with Gasteiger partial charge in [-0.15, -0.1) is 0 Å². The summed E-state index contributed by atoms with van der Waals surface area (Å²) < 4.78 is 13.7. The minimum absolute atomic E-state index is 0.255. The molecule has 2 aromatic rings. The fourth-order valence-electron chi connectivity index (χ4n) is 1.75. The van der Waals surface area contributed by atoms with Crippen molar-refractivity contribution in [2.75, 3.05) is 11.4 Å². The number of rotatable bonds is 3. The van der Waals surface area contributed by atoms with Crippen molar-refractivity contribution >= 4 is 23.2 Å².